The van der Waals surface area contributed by atoms with Gasteiger partial charge in [0.05, 0.1) is 0 Å². The highest BCUT2D eigenvalue weighted by Crippen LogP contribution is 2.62. The van der Waals surface area contributed by atoms with Gasteiger partial charge in [-0.3, -0.25) is 4.79 Å². The zero-order valence-corrected chi connectivity index (χ0v) is 14.2. The minimum atomic E-state index is -0.141. The minimum absolute atomic E-state index is 0.141. The molecule has 0 amide bonds. The van der Waals surface area contributed by atoms with Gasteiger partial charge in [-0.05, 0) is 54.8 Å². The molecule has 3 aliphatic rings. The molecule has 0 N–H and O–H groups in total. The van der Waals surface area contributed by atoms with E-state index >= 15 is 0 Å². The van der Waals surface area contributed by atoms with Crippen molar-refractivity contribution in [3.63, 3.8) is 0 Å². The average Bonchev–Trinajstić information content (AvgIpc) is 2.43. The molecule has 2 fully saturated rings. The van der Waals surface area contributed by atoms with E-state index in [9.17, 15) is 4.79 Å². The Balaban J connectivity index is 1.99. The van der Waals surface area contributed by atoms with E-state index in [1.807, 2.05) is 0 Å². The van der Waals surface area contributed by atoms with Crippen molar-refractivity contribution in [1.82, 2.24) is 0 Å². The topological polar surface area (TPSA) is 17.1 Å². The molecule has 4 atom stereocenters. The highest BCUT2D eigenvalue weighted by molar-refractivity contribution is 5.85. The summed E-state index contributed by atoms with van der Waals surface area (Å²) in [5.74, 6) is 1.73. The molecule has 0 aromatic heterocycles. The van der Waals surface area contributed by atoms with Crippen LogP contribution in [0.3, 0.4) is 0 Å². The van der Waals surface area contributed by atoms with Crippen LogP contribution in [0.15, 0.2) is 24.3 Å². The lowest BCUT2D eigenvalue weighted by Crippen LogP contribution is -2.52. The molecule has 3 rings (SSSR count). The first-order valence-electron chi connectivity index (χ1n) is 8.60. The van der Waals surface area contributed by atoms with Crippen molar-refractivity contribution < 1.29 is 4.79 Å². The molecule has 0 radical (unpaired) electrons. The van der Waals surface area contributed by atoms with Crippen LogP contribution in [0.2, 0.25) is 0 Å². The lowest BCUT2D eigenvalue weighted by Gasteiger charge is -2.57. The van der Waals surface area contributed by atoms with Crippen molar-refractivity contribution in [2.45, 2.75) is 66.2 Å². The lowest BCUT2D eigenvalue weighted by atomic mass is 9.46. The molecule has 3 aliphatic carbocycles. The van der Waals surface area contributed by atoms with Crippen molar-refractivity contribution in [3.05, 3.63) is 24.3 Å². The Morgan fingerprint density at radius 1 is 1.24 bits per heavy atom. The van der Waals surface area contributed by atoms with Gasteiger partial charge in [-0.2, -0.15) is 0 Å². The van der Waals surface area contributed by atoms with E-state index in [0.29, 0.717) is 17.6 Å². The van der Waals surface area contributed by atoms with E-state index in [0.717, 1.165) is 19.3 Å². The molecule has 0 aliphatic heterocycles. The Kier molecular flexibility index (Phi) is 3.28. The molecule has 0 aromatic rings. The van der Waals surface area contributed by atoms with Crippen molar-refractivity contribution in [1.29, 1.82) is 0 Å². The molecule has 0 bridgehead atoms. The number of ketones is 1. The maximum Gasteiger partial charge on any atom is 0.138 e. The Labute approximate surface area is 129 Å². The van der Waals surface area contributed by atoms with Crippen molar-refractivity contribution in [3.8, 4) is 0 Å². The summed E-state index contributed by atoms with van der Waals surface area (Å²) in [6, 6.07) is 0. The molecule has 0 saturated heterocycles. The van der Waals surface area contributed by atoms with Crippen molar-refractivity contribution >= 4 is 5.78 Å². The smallest absolute Gasteiger partial charge is 0.138 e. The Morgan fingerprint density at radius 3 is 2.62 bits per heavy atom. The summed E-state index contributed by atoms with van der Waals surface area (Å²) in [4.78, 5) is 12.4. The quantitative estimate of drug-likeness (QED) is 0.596. The van der Waals surface area contributed by atoms with Gasteiger partial charge in [-0.1, -0.05) is 45.4 Å². The molecular weight excluding hydrogens is 256 g/mol. The van der Waals surface area contributed by atoms with Gasteiger partial charge in [-0.25, -0.2) is 0 Å². The number of hydrogen-bond acceptors (Lipinski definition) is 1. The summed E-state index contributed by atoms with van der Waals surface area (Å²) >= 11 is 0. The largest absolute Gasteiger partial charge is 0.299 e. The monoisotopic (exact) mass is 286 g/mol. The van der Waals surface area contributed by atoms with E-state index < -0.39 is 0 Å². The molecule has 1 nitrogen and oxygen atoms in total. The van der Waals surface area contributed by atoms with Gasteiger partial charge in [0.2, 0.25) is 0 Å². The second-order valence-corrected chi connectivity index (χ2v) is 8.82. The minimum Gasteiger partial charge on any atom is -0.299 e. The maximum atomic E-state index is 12.4. The van der Waals surface area contributed by atoms with Gasteiger partial charge in [0, 0.05) is 11.8 Å². The Hall–Kier alpha value is -0.850. The van der Waals surface area contributed by atoms with Crippen LogP contribution in [0.4, 0.5) is 0 Å². The van der Waals surface area contributed by atoms with Crippen LogP contribution in [0, 0.1) is 28.1 Å². The fourth-order valence-corrected chi connectivity index (χ4v) is 5.64. The summed E-state index contributed by atoms with van der Waals surface area (Å²) in [6.07, 6.45) is 11.3. The van der Waals surface area contributed by atoms with Gasteiger partial charge in [-0.15, -0.1) is 6.58 Å². The molecule has 116 valence electrons. The van der Waals surface area contributed by atoms with E-state index in [-0.39, 0.29) is 16.2 Å². The summed E-state index contributed by atoms with van der Waals surface area (Å²) in [5, 5.41) is 0. The fourth-order valence-electron chi connectivity index (χ4n) is 5.64. The van der Waals surface area contributed by atoms with Crippen LogP contribution < -0.4 is 0 Å². The zero-order valence-electron chi connectivity index (χ0n) is 14.2. The summed E-state index contributed by atoms with van der Waals surface area (Å²) in [5.41, 5.74) is 2.07. The van der Waals surface area contributed by atoms with E-state index in [2.05, 4.69) is 46.4 Å². The second kappa shape index (κ2) is 4.57. The molecular formula is C20H30O. The molecule has 1 heteroatoms. The van der Waals surface area contributed by atoms with E-state index in [1.54, 1.807) is 5.57 Å². The van der Waals surface area contributed by atoms with Crippen LogP contribution in [0.5, 0.6) is 0 Å². The number of carbonyl (C=O) groups excluding carboxylic acids is 1. The number of hydrogen-bond donors (Lipinski definition) is 0. The van der Waals surface area contributed by atoms with Crippen LogP contribution in [-0.2, 0) is 4.79 Å². The lowest BCUT2D eigenvalue weighted by molar-refractivity contribution is -0.140. The number of allylic oxidation sites excluding steroid dienone is 3. The van der Waals surface area contributed by atoms with Crippen LogP contribution in [-0.4, -0.2) is 5.78 Å². The third-order valence-electron chi connectivity index (χ3n) is 7.13. The van der Waals surface area contributed by atoms with E-state index in [1.165, 1.54) is 19.3 Å². The zero-order chi connectivity index (χ0) is 15.5. The second-order valence-electron chi connectivity index (χ2n) is 8.82. The highest BCUT2D eigenvalue weighted by atomic mass is 16.1. The fraction of sp³-hybridized carbons (Fsp3) is 0.750. The Morgan fingerprint density at radius 2 is 1.95 bits per heavy atom. The maximum absolute atomic E-state index is 12.4. The van der Waals surface area contributed by atoms with Crippen molar-refractivity contribution in [2.75, 3.05) is 0 Å². The molecule has 0 aromatic carbocycles. The van der Waals surface area contributed by atoms with Gasteiger partial charge in [0.25, 0.3) is 0 Å². The summed E-state index contributed by atoms with van der Waals surface area (Å²) in [6.45, 7) is 13.2. The molecule has 21 heavy (non-hydrogen) atoms. The first-order chi connectivity index (χ1) is 9.73. The number of carbonyl (C=O) groups is 1. The molecule has 0 heterocycles. The van der Waals surface area contributed by atoms with E-state index in [4.69, 9.17) is 0 Å². The standard InChI is InChI=1S/C20H30O/c1-6-19(4)11-9-15-14(13-19)7-8-16-18(2,3)17(21)10-12-20(15,16)5/h6,9,14,16H,1,7-8,10-13H2,2-5H3/t14-,16-,19-,20+/m0/s1. The van der Waals surface area contributed by atoms with Crippen LogP contribution in [0.1, 0.15) is 66.2 Å². The first-order valence-corrected chi connectivity index (χ1v) is 8.60. The predicted molar refractivity (Wildman–Crippen MR) is 88.0 cm³/mol. The number of fused-ring (bicyclic) bond motifs is 3. The van der Waals surface area contributed by atoms with Crippen LogP contribution >= 0.6 is 0 Å². The molecule has 0 spiro atoms. The predicted octanol–water partition coefficient (Wildman–Crippen LogP) is 5.32. The third kappa shape index (κ3) is 2.07. The van der Waals surface area contributed by atoms with Gasteiger partial charge < -0.3 is 0 Å². The Bertz CT molecular complexity index is 512. The highest BCUT2D eigenvalue weighted by Gasteiger charge is 2.56. The summed E-state index contributed by atoms with van der Waals surface area (Å²) in [7, 11) is 0. The first kappa shape index (κ1) is 15.1. The van der Waals surface area contributed by atoms with Gasteiger partial charge in [0.1, 0.15) is 5.78 Å². The SMILES string of the molecule is C=C[C@@]1(C)CC=C2[C@@H](CC[C@H]3C(C)(C)C(=O)CC[C@]23C)C1. The van der Waals surface area contributed by atoms with Crippen LogP contribution in [0.25, 0.3) is 0 Å². The number of Topliss-reactive ketones (excluding diaryl/α,β-unsaturated/α-hetero) is 1. The molecule has 0 unspecified atom stereocenters. The van der Waals surface area contributed by atoms with Crippen molar-refractivity contribution in [2.24, 2.45) is 28.1 Å². The molecule has 2 saturated carbocycles. The average molecular weight is 286 g/mol. The number of rotatable bonds is 1. The van der Waals surface area contributed by atoms with Gasteiger partial charge >= 0.3 is 0 Å². The normalized spacial score (nSPS) is 45.3. The van der Waals surface area contributed by atoms with Gasteiger partial charge in [0.15, 0.2) is 0 Å². The third-order valence-corrected chi connectivity index (χ3v) is 7.13. The summed E-state index contributed by atoms with van der Waals surface area (Å²) < 4.78 is 0.